The molecule has 3 aromatic heterocycles. The van der Waals surface area contributed by atoms with Crippen molar-refractivity contribution in [2.75, 3.05) is 7.11 Å². The summed E-state index contributed by atoms with van der Waals surface area (Å²) in [6, 6.07) is 23.7. The maximum atomic E-state index is 5.26. The second kappa shape index (κ2) is 8.56. The smallest absolute Gasteiger partial charge is 0.118 e. The Bertz CT molecular complexity index is 949. The van der Waals surface area contributed by atoms with E-state index in [1.807, 2.05) is 60.7 Å². The van der Waals surface area contributed by atoms with E-state index in [0.29, 0.717) is 0 Å². The first kappa shape index (κ1) is 18.7. The van der Waals surface area contributed by atoms with Crippen LogP contribution in [0.25, 0.3) is 33.9 Å². The lowest BCUT2D eigenvalue weighted by atomic mass is 10.0. The summed E-state index contributed by atoms with van der Waals surface area (Å²) >= 11 is 0. The summed E-state index contributed by atoms with van der Waals surface area (Å²) in [5, 5.41) is 0. The molecule has 4 nitrogen and oxygen atoms in total. The highest BCUT2D eigenvalue weighted by atomic mass is 79.9. The Morgan fingerprint density at radius 1 is 0.630 bits per heavy atom. The normalized spacial score (nSPS) is 10.1. The summed E-state index contributed by atoms with van der Waals surface area (Å²) in [5.41, 5.74) is 5.45. The molecule has 0 aliphatic rings. The van der Waals surface area contributed by atoms with Crippen molar-refractivity contribution in [3.63, 3.8) is 0 Å². The highest BCUT2D eigenvalue weighted by Gasteiger charge is 2.10. The average molecular weight is 420 g/mol. The standard InChI is InChI=1S/C22H17N3O.BrH/c1-26-18-10-8-16(9-11-18)17-14-21(19-6-2-4-12-23-19)25-22(15-17)20-7-3-5-13-24-20;/h2-15H,1H3;1H. The maximum absolute atomic E-state index is 5.26. The Labute approximate surface area is 168 Å². The third kappa shape index (κ3) is 4.20. The van der Waals surface area contributed by atoms with Crippen LogP contribution in [-0.4, -0.2) is 22.1 Å². The molecule has 0 aliphatic heterocycles. The van der Waals surface area contributed by atoms with Gasteiger partial charge in [0.05, 0.1) is 29.9 Å². The molecule has 0 saturated heterocycles. The van der Waals surface area contributed by atoms with E-state index < -0.39 is 0 Å². The van der Waals surface area contributed by atoms with E-state index in [4.69, 9.17) is 9.72 Å². The quantitative estimate of drug-likeness (QED) is 0.440. The van der Waals surface area contributed by atoms with Crippen LogP contribution in [0.2, 0.25) is 0 Å². The topological polar surface area (TPSA) is 47.9 Å². The predicted molar refractivity (Wildman–Crippen MR) is 113 cm³/mol. The monoisotopic (exact) mass is 419 g/mol. The van der Waals surface area contributed by atoms with Gasteiger partial charge in [-0.25, -0.2) is 4.98 Å². The number of ether oxygens (including phenoxy) is 1. The van der Waals surface area contributed by atoms with Gasteiger partial charge in [-0.15, -0.1) is 17.0 Å². The van der Waals surface area contributed by atoms with E-state index in [1.165, 1.54) is 0 Å². The number of methoxy groups -OCH3 is 1. The predicted octanol–water partition coefficient (Wildman–Crippen LogP) is 5.46. The van der Waals surface area contributed by atoms with E-state index in [1.54, 1.807) is 19.5 Å². The van der Waals surface area contributed by atoms with Gasteiger partial charge in [-0.1, -0.05) is 24.3 Å². The molecule has 4 rings (SSSR count). The van der Waals surface area contributed by atoms with Crippen molar-refractivity contribution in [1.29, 1.82) is 0 Å². The number of hydrogen-bond donors (Lipinski definition) is 0. The molecule has 0 fully saturated rings. The average Bonchev–Trinajstić information content (AvgIpc) is 2.75. The minimum Gasteiger partial charge on any atom is -0.497 e. The van der Waals surface area contributed by atoms with E-state index in [2.05, 4.69) is 22.1 Å². The summed E-state index contributed by atoms with van der Waals surface area (Å²) in [7, 11) is 1.67. The van der Waals surface area contributed by atoms with Gasteiger partial charge in [0.2, 0.25) is 0 Å². The molecule has 0 atom stereocenters. The number of aromatic nitrogens is 3. The molecule has 1 aromatic carbocycles. The van der Waals surface area contributed by atoms with Crippen molar-refractivity contribution in [2.45, 2.75) is 0 Å². The van der Waals surface area contributed by atoms with Crippen LogP contribution in [0.1, 0.15) is 0 Å². The molecule has 0 saturated carbocycles. The van der Waals surface area contributed by atoms with Crippen molar-refractivity contribution >= 4 is 17.0 Å². The summed E-state index contributed by atoms with van der Waals surface area (Å²) in [6.07, 6.45) is 3.55. The SMILES string of the molecule is Br.COc1ccc(-c2cc(-c3ccccn3)nc(-c3ccccn3)c2)cc1. The molecule has 0 unspecified atom stereocenters. The lowest BCUT2D eigenvalue weighted by Crippen LogP contribution is -1.94. The van der Waals surface area contributed by atoms with Gasteiger partial charge in [0, 0.05) is 12.4 Å². The van der Waals surface area contributed by atoms with Crippen LogP contribution in [0.3, 0.4) is 0 Å². The first-order chi connectivity index (χ1) is 12.8. The van der Waals surface area contributed by atoms with Gasteiger partial charge in [-0.05, 0) is 59.7 Å². The fraction of sp³-hybridized carbons (Fsp3) is 0.0455. The molecule has 0 radical (unpaired) electrons. The van der Waals surface area contributed by atoms with Crippen molar-refractivity contribution in [2.24, 2.45) is 0 Å². The lowest BCUT2D eigenvalue weighted by Gasteiger charge is -2.10. The number of hydrogen-bond acceptors (Lipinski definition) is 4. The number of pyridine rings is 3. The minimum atomic E-state index is 0. The zero-order chi connectivity index (χ0) is 17.8. The molecule has 5 heteroatoms. The van der Waals surface area contributed by atoms with Crippen LogP contribution < -0.4 is 4.74 Å². The summed E-state index contributed by atoms with van der Waals surface area (Å²) in [4.78, 5) is 13.7. The van der Waals surface area contributed by atoms with Gasteiger partial charge >= 0.3 is 0 Å². The molecule has 0 spiro atoms. The summed E-state index contributed by atoms with van der Waals surface area (Å²) in [5.74, 6) is 0.831. The number of nitrogens with zero attached hydrogens (tertiary/aromatic N) is 3. The van der Waals surface area contributed by atoms with E-state index >= 15 is 0 Å². The second-order valence-corrected chi connectivity index (χ2v) is 5.78. The van der Waals surface area contributed by atoms with Crippen LogP contribution in [0.5, 0.6) is 5.75 Å². The van der Waals surface area contributed by atoms with Gasteiger partial charge in [0.1, 0.15) is 5.75 Å². The minimum absolute atomic E-state index is 0. The summed E-state index contributed by atoms with van der Waals surface area (Å²) in [6.45, 7) is 0. The Hall–Kier alpha value is -3.05. The maximum Gasteiger partial charge on any atom is 0.118 e. The van der Waals surface area contributed by atoms with E-state index in [9.17, 15) is 0 Å². The van der Waals surface area contributed by atoms with Crippen LogP contribution in [-0.2, 0) is 0 Å². The Morgan fingerprint density at radius 3 is 1.63 bits per heavy atom. The molecule has 27 heavy (non-hydrogen) atoms. The molecular weight excluding hydrogens is 402 g/mol. The van der Waals surface area contributed by atoms with Crippen molar-refractivity contribution in [1.82, 2.24) is 15.0 Å². The van der Waals surface area contributed by atoms with Crippen molar-refractivity contribution in [3.05, 3.63) is 85.2 Å². The summed E-state index contributed by atoms with van der Waals surface area (Å²) < 4.78 is 5.26. The Morgan fingerprint density at radius 2 is 1.19 bits per heavy atom. The zero-order valence-corrected chi connectivity index (χ0v) is 16.5. The zero-order valence-electron chi connectivity index (χ0n) is 14.7. The van der Waals surface area contributed by atoms with Gasteiger partial charge in [-0.2, -0.15) is 0 Å². The molecule has 0 bridgehead atoms. The molecule has 4 aromatic rings. The van der Waals surface area contributed by atoms with Gasteiger partial charge in [-0.3, -0.25) is 9.97 Å². The fourth-order valence-electron chi connectivity index (χ4n) is 2.77. The Balaban J connectivity index is 0.00000210. The fourth-order valence-corrected chi connectivity index (χ4v) is 2.77. The van der Waals surface area contributed by atoms with Crippen LogP contribution >= 0.6 is 17.0 Å². The first-order valence-corrected chi connectivity index (χ1v) is 8.33. The Kier molecular flexibility index (Phi) is 5.94. The van der Waals surface area contributed by atoms with E-state index in [0.717, 1.165) is 39.7 Å². The van der Waals surface area contributed by atoms with Crippen LogP contribution in [0, 0.1) is 0 Å². The lowest BCUT2D eigenvalue weighted by molar-refractivity contribution is 0.415. The van der Waals surface area contributed by atoms with Crippen molar-refractivity contribution < 1.29 is 4.74 Å². The van der Waals surface area contributed by atoms with E-state index in [-0.39, 0.29) is 17.0 Å². The third-order valence-electron chi connectivity index (χ3n) is 4.10. The second-order valence-electron chi connectivity index (χ2n) is 5.78. The molecule has 134 valence electrons. The molecule has 3 heterocycles. The first-order valence-electron chi connectivity index (χ1n) is 8.33. The van der Waals surface area contributed by atoms with Gasteiger partial charge in [0.25, 0.3) is 0 Å². The number of benzene rings is 1. The van der Waals surface area contributed by atoms with Crippen LogP contribution in [0.4, 0.5) is 0 Å². The molecular formula is C22H18BrN3O. The molecule has 0 aliphatic carbocycles. The molecule has 0 amide bonds. The highest BCUT2D eigenvalue weighted by molar-refractivity contribution is 8.93. The number of halogens is 1. The third-order valence-corrected chi connectivity index (χ3v) is 4.10. The molecule has 0 N–H and O–H groups in total. The largest absolute Gasteiger partial charge is 0.497 e. The van der Waals surface area contributed by atoms with Gasteiger partial charge < -0.3 is 4.74 Å². The van der Waals surface area contributed by atoms with Gasteiger partial charge in [0.15, 0.2) is 0 Å². The number of rotatable bonds is 4. The van der Waals surface area contributed by atoms with Crippen molar-refractivity contribution in [3.8, 4) is 39.7 Å². The highest BCUT2D eigenvalue weighted by Crippen LogP contribution is 2.29. The van der Waals surface area contributed by atoms with Crippen LogP contribution in [0.15, 0.2) is 85.2 Å².